The number of benzene rings is 2. The molecule has 0 bridgehead atoms. The number of nitrogens with one attached hydrogen (secondary N) is 1. The zero-order valence-electron chi connectivity index (χ0n) is 18.0. The zero-order chi connectivity index (χ0) is 23.2. The first-order chi connectivity index (χ1) is 16.0. The fourth-order valence-corrected chi connectivity index (χ4v) is 5.24. The van der Waals surface area contributed by atoms with E-state index in [1.54, 1.807) is 6.20 Å². The lowest BCUT2D eigenvalue weighted by molar-refractivity contribution is -0.140. The summed E-state index contributed by atoms with van der Waals surface area (Å²) in [6.07, 6.45) is 4.34. The molecule has 0 aliphatic carbocycles. The predicted molar refractivity (Wildman–Crippen MR) is 126 cm³/mol. The summed E-state index contributed by atoms with van der Waals surface area (Å²) in [7, 11) is 0. The van der Waals surface area contributed by atoms with Crippen molar-refractivity contribution in [2.75, 3.05) is 6.54 Å². The highest BCUT2D eigenvalue weighted by molar-refractivity contribution is 7.11. The number of carbonyl (C=O) groups is 3. The van der Waals surface area contributed by atoms with Gasteiger partial charge >= 0.3 is 5.97 Å². The number of carboxylic acids is 1. The van der Waals surface area contributed by atoms with E-state index in [9.17, 15) is 19.5 Å². The molecular formula is C25H25N3O4S. The summed E-state index contributed by atoms with van der Waals surface area (Å²) in [5, 5.41) is 12.2. The quantitative estimate of drug-likeness (QED) is 0.474. The topological polar surface area (TPSA) is 99.6 Å². The number of aliphatic carboxylic acids is 1. The van der Waals surface area contributed by atoms with E-state index in [0.29, 0.717) is 24.4 Å². The van der Waals surface area contributed by atoms with Crippen LogP contribution >= 0.6 is 11.3 Å². The number of rotatable bonds is 9. The molecule has 8 heteroatoms. The third-order valence-electron chi connectivity index (χ3n) is 5.84. The SMILES string of the molecule is O=CNC(Cc1ncc(C2CCCN2C(=O)Cc2ccc(-c3ccccc3)cc2)s1)C(=O)O. The van der Waals surface area contributed by atoms with E-state index in [4.69, 9.17) is 0 Å². The van der Waals surface area contributed by atoms with Gasteiger partial charge in [-0.25, -0.2) is 9.78 Å². The van der Waals surface area contributed by atoms with Crippen LogP contribution in [-0.2, 0) is 27.2 Å². The van der Waals surface area contributed by atoms with E-state index in [2.05, 4.69) is 22.4 Å². The Morgan fingerprint density at radius 2 is 1.88 bits per heavy atom. The summed E-state index contributed by atoms with van der Waals surface area (Å²) < 4.78 is 0. The maximum atomic E-state index is 13.1. The molecule has 2 aromatic carbocycles. The number of amides is 2. The number of likely N-dealkylation sites (tertiary alicyclic amines) is 1. The molecule has 1 aliphatic rings. The minimum atomic E-state index is -1.10. The van der Waals surface area contributed by atoms with Gasteiger partial charge in [0.25, 0.3) is 0 Å². The van der Waals surface area contributed by atoms with Gasteiger partial charge in [-0.15, -0.1) is 11.3 Å². The predicted octanol–water partition coefficient (Wildman–Crippen LogP) is 3.46. The Morgan fingerprint density at radius 3 is 2.58 bits per heavy atom. The van der Waals surface area contributed by atoms with Crippen molar-refractivity contribution in [3.8, 4) is 11.1 Å². The maximum Gasteiger partial charge on any atom is 0.326 e. The largest absolute Gasteiger partial charge is 0.480 e. The van der Waals surface area contributed by atoms with E-state index < -0.39 is 12.0 Å². The van der Waals surface area contributed by atoms with E-state index in [1.165, 1.54) is 11.3 Å². The van der Waals surface area contributed by atoms with Crippen LogP contribution in [0.15, 0.2) is 60.8 Å². The second-order valence-corrected chi connectivity index (χ2v) is 9.17. The van der Waals surface area contributed by atoms with Crippen molar-refractivity contribution in [3.63, 3.8) is 0 Å². The second-order valence-electron chi connectivity index (χ2n) is 8.02. The van der Waals surface area contributed by atoms with E-state index in [1.807, 2.05) is 47.4 Å². The highest BCUT2D eigenvalue weighted by Gasteiger charge is 2.31. The molecule has 0 saturated carbocycles. The molecule has 1 aliphatic heterocycles. The summed E-state index contributed by atoms with van der Waals surface area (Å²) in [5.74, 6) is -1.03. The smallest absolute Gasteiger partial charge is 0.326 e. The van der Waals surface area contributed by atoms with Gasteiger partial charge in [-0.2, -0.15) is 0 Å². The lowest BCUT2D eigenvalue weighted by Crippen LogP contribution is -2.37. The number of hydrogen-bond donors (Lipinski definition) is 2. The lowest BCUT2D eigenvalue weighted by atomic mass is 10.0. The van der Waals surface area contributed by atoms with E-state index >= 15 is 0 Å². The average molecular weight is 464 g/mol. The van der Waals surface area contributed by atoms with Crippen LogP contribution in [0.2, 0.25) is 0 Å². The summed E-state index contributed by atoms with van der Waals surface area (Å²) >= 11 is 1.40. The first kappa shape index (κ1) is 22.7. The zero-order valence-corrected chi connectivity index (χ0v) is 18.8. The molecule has 2 unspecified atom stereocenters. The van der Waals surface area contributed by atoms with Gasteiger partial charge in [-0.3, -0.25) is 9.59 Å². The number of carbonyl (C=O) groups excluding carboxylic acids is 2. The van der Waals surface area contributed by atoms with Gasteiger partial charge < -0.3 is 15.3 Å². The van der Waals surface area contributed by atoms with Crippen molar-refractivity contribution in [1.29, 1.82) is 0 Å². The van der Waals surface area contributed by atoms with Crippen molar-refractivity contribution in [3.05, 3.63) is 76.2 Å². The van der Waals surface area contributed by atoms with Crippen LogP contribution in [0.5, 0.6) is 0 Å². The third kappa shape index (κ3) is 5.46. The molecule has 0 radical (unpaired) electrons. The number of carboxylic acid groups (broad SMARTS) is 1. The average Bonchev–Trinajstić information content (AvgIpc) is 3.49. The molecule has 1 aromatic heterocycles. The minimum Gasteiger partial charge on any atom is -0.480 e. The highest BCUT2D eigenvalue weighted by Crippen LogP contribution is 2.35. The number of nitrogens with zero attached hydrogens (tertiary/aromatic N) is 2. The molecular weight excluding hydrogens is 438 g/mol. The minimum absolute atomic E-state index is 0.0466. The summed E-state index contributed by atoms with van der Waals surface area (Å²) in [6.45, 7) is 0.698. The lowest BCUT2D eigenvalue weighted by Gasteiger charge is -2.23. The van der Waals surface area contributed by atoms with Crippen LogP contribution in [0.25, 0.3) is 11.1 Å². The van der Waals surface area contributed by atoms with E-state index in [0.717, 1.165) is 34.4 Å². The highest BCUT2D eigenvalue weighted by atomic mass is 32.1. The number of aromatic nitrogens is 1. The van der Waals surface area contributed by atoms with Gasteiger partial charge in [0, 0.05) is 24.0 Å². The van der Waals surface area contributed by atoms with Crippen molar-refractivity contribution >= 4 is 29.6 Å². The van der Waals surface area contributed by atoms with Crippen molar-refractivity contribution in [1.82, 2.24) is 15.2 Å². The van der Waals surface area contributed by atoms with Crippen LogP contribution in [-0.4, -0.2) is 45.9 Å². The maximum absolute atomic E-state index is 13.1. The van der Waals surface area contributed by atoms with Gasteiger partial charge in [-0.1, -0.05) is 54.6 Å². The third-order valence-corrected chi connectivity index (χ3v) is 6.96. The molecule has 7 nitrogen and oxygen atoms in total. The Morgan fingerprint density at radius 1 is 1.15 bits per heavy atom. The molecule has 0 spiro atoms. The monoisotopic (exact) mass is 463 g/mol. The Bertz CT molecular complexity index is 1110. The molecule has 2 atom stereocenters. The fourth-order valence-electron chi connectivity index (χ4n) is 4.13. The van der Waals surface area contributed by atoms with Crippen LogP contribution in [0.4, 0.5) is 0 Å². The van der Waals surface area contributed by atoms with Crippen molar-refractivity contribution in [2.45, 2.75) is 37.8 Å². The summed E-state index contributed by atoms with van der Waals surface area (Å²) in [4.78, 5) is 42.2. The van der Waals surface area contributed by atoms with Gasteiger partial charge in [0.05, 0.1) is 17.5 Å². The van der Waals surface area contributed by atoms with E-state index in [-0.39, 0.29) is 18.4 Å². The molecule has 170 valence electrons. The van der Waals surface area contributed by atoms with Gasteiger partial charge in [0.1, 0.15) is 6.04 Å². The molecule has 1 saturated heterocycles. The molecule has 2 N–H and O–H groups in total. The Hall–Kier alpha value is -3.52. The molecule has 2 amide bonds. The summed E-state index contributed by atoms with van der Waals surface area (Å²) in [5.41, 5.74) is 3.23. The second kappa shape index (κ2) is 10.4. The molecule has 33 heavy (non-hydrogen) atoms. The fraction of sp³-hybridized carbons (Fsp3) is 0.280. The number of hydrogen-bond acceptors (Lipinski definition) is 5. The Labute approximate surface area is 196 Å². The molecule has 1 fully saturated rings. The number of thiazole rings is 1. The first-order valence-corrected chi connectivity index (χ1v) is 11.7. The first-order valence-electron chi connectivity index (χ1n) is 10.9. The Balaban J connectivity index is 1.41. The van der Waals surface area contributed by atoms with Gasteiger partial charge in [-0.05, 0) is 29.5 Å². The van der Waals surface area contributed by atoms with Crippen LogP contribution in [0.1, 0.15) is 34.3 Å². The molecule has 3 aromatic rings. The molecule has 4 rings (SSSR count). The summed E-state index contributed by atoms with van der Waals surface area (Å²) in [6, 6.07) is 17.2. The van der Waals surface area contributed by atoms with Crippen LogP contribution in [0.3, 0.4) is 0 Å². The van der Waals surface area contributed by atoms with Crippen LogP contribution < -0.4 is 5.32 Å². The molecule has 2 heterocycles. The van der Waals surface area contributed by atoms with Gasteiger partial charge in [0.2, 0.25) is 12.3 Å². The van der Waals surface area contributed by atoms with Crippen LogP contribution in [0, 0.1) is 0 Å². The normalized spacial score (nSPS) is 16.4. The van der Waals surface area contributed by atoms with Crippen molar-refractivity contribution < 1.29 is 19.5 Å². The van der Waals surface area contributed by atoms with Gasteiger partial charge in [0.15, 0.2) is 0 Å². The standard InChI is InChI=1S/C25H25N3O4S/c29-16-27-20(25(31)32)14-23-26-15-22(33-23)21-7-4-12-28(21)24(30)13-17-8-10-19(11-9-17)18-5-2-1-3-6-18/h1-3,5-6,8-11,15-16,20-21H,4,7,12-14H2,(H,27,29)(H,31,32). The Kier molecular flexibility index (Phi) is 7.14. The van der Waals surface area contributed by atoms with Crippen molar-refractivity contribution in [2.24, 2.45) is 0 Å².